The van der Waals surface area contributed by atoms with Gasteiger partial charge in [0.2, 0.25) is 0 Å². The van der Waals surface area contributed by atoms with Crippen LogP contribution in [-0.4, -0.2) is 5.11 Å². The monoisotopic (exact) mass is 346 g/mol. The Kier molecular flexibility index (Phi) is 2.96. The molecule has 0 saturated heterocycles. The van der Waals surface area contributed by atoms with Crippen LogP contribution in [-0.2, 0) is 0 Å². The maximum absolute atomic E-state index is 9.70. The summed E-state index contributed by atoms with van der Waals surface area (Å²) < 4.78 is 0.907. The van der Waals surface area contributed by atoms with Crippen LogP contribution in [0.4, 0.5) is 0 Å². The third-order valence-corrected chi connectivity index (χ3v) is 4.17. The van der Waals surface area contributed by atoms with Gasteiger partial charge >= 0.3 is 0 Å². The third kappa shape index (κ3) is 1.97. The van der Waals surface area contributed by atoms with Crippen molar-refractivity contribution in [1.29, 1.82) is 0 Å². The number of hydrogen-bond acceptors (Lipinski definition) is 1. The van der Waals surface area contributed by atoms with E-state index in [-0.39, 0.29) is 0 Å². The van der Waals surface area contributed by atoms with Gasteiger partial charge in [0.1, 0.15) is 5.75 Å². The Balaban J connectivity index is 2.21. The first kappa shape index (κ1) is 11.5. The van der Waals surface area contributed by atoms with Gasteiger partial charge in [-0.25, -0.2) is 0 Å². The molecule has 0 aliphatic heterocycles. The third-order valence-electron chi connectivity index (χ3n) is 3.04. The Bertz CT molecular complexity index is 705. The summed E-state index contributed by atoms with van der Waals surface area (Å²) >= 11 is 2.18. The van der Waals surface area contributed by atoms with E-state index in [1.807, 2.05) is 24.3 Å². The van der Waals surface area contributed by atoms with E-state index >= 15 is 0 Å². The van der Waals surface area contributed by atoms with Crippen LogP contribution >= 0.6 is 22.6 Å². The smallest absolute Gasteiger partial charge is 0.129 e. The van der Waals surface area contributed by atoms with Crippen molar-refractivity contribution in [2.24, 2.45) is 0 Å². The normalized spacial score (nSPS) is 10.7. The zero-order valence-electron chi connectivity index (χ0n) is 9.60. The zero-order chi connectivity index (χ0) is 12.5. The molecule has 88 valence electrons. The first-order chi connectivity index (χ1) is 8.75. The topological polar surface area (TPSA) is 20.2 Å². The van der Waals surface area contributed by atoms with Crippen molar-refractivity contribution < 1.29 is 5.11 Å². The Morgan fingerprint density at radius 2 is 1.56 bits per heavy atom. The van der Waals surface area contributed by atoms with E-state index in [0.717, 1.165) is 14.3 Å². The second kappa shape index (κ2) is 4.61. The number of aromatic hydroxyl groups is 1. The standard InChI is InChI=1S/C16H11IO/c17-16-14-8-6-12(11-4-2-1-3-5-11)10-13(14)7-9-15(16)18/h1-10,18H. The van der Waals surface area contributed by atoms with Gasteiger partial charge in [0.25, 0.3) is 0 Å². The van der Waals surface area contributed by atoms with Crippen LogP contribution in [0.15, 0.2) is 60.7 Å². The Labute approximate surface area is 119 Å². The fourth-order valence-electron chi connectivity index (χ4n) is 2.09. The average Bonchev–Trinajstić information content (AvgIpc) is 2.44. The van der Waals surface area contributed by atoms with Gasteiger partial charge in [-0.05, 0) is 56.6 Å². The van der Waals surface area contributed by atoms with E-state index in [4.69, 9.17) is 0 Å². The number of fused-ring (bicyclic) bond motifs is 1. The Hall–Kier alpha value is -1.55. The molecular weight excluding hydrogens is 335 g/mol. The minimum Gasteiger partial charge on any atom is -0.507 e. The van der Waals surface area contributed by atoms with Gasteiger partial charge in [-0.2, -0.15) is 0 Å². The molecule has 0 radical (unpaired) electrons. The molecule has 0 spiro atoms. The number of hydrogen-bond donors (Lipinski definition) is 1. The molecule has 0 saturated carbocycles. The molecule has 3 aromatic rings. The lowest BCUT2D eigenvalue weighted by atomic mass is 10.0. The van der Waals surface area contributed by atoms with Gasteiger partial charge in [-0.1, -0.05) is 48.5 Å². The van der Waals surface area contributed by atoms with Gasteiger partial charge in [0.15, 0.2) is 0 Å². The molecule has 0 atom stereocenters. The lowest BCUT2D eigenvalue weighted by molar-refractivity contribution is 0.472. The zero-order valence-corrected chi connectivity index (χ0v) is 11.8. The van der Waals surface area contributed by atoms with Crippen LogP contribution in [0.1, 0.15) is 0 Å². The maximum atomic E-state index is 9.70. The summed E-state index contributed by atoms with van der Waals surface area (Å²) in [5.74, 6) is 0.343. The highest BCUT2D eigenvalue weighted by Gasteiger charge is 2.05. The van der Waals surface area contributed by atoms with Crippen molar-refractivity contribution >= 4 is 33.4 Å². The molecule has 0 amide bonds. The first-order valence-electron chi connectivity index (χ1n) is 5.72. The van der Waals surface area contributed by atoms with Gasteiger partial charge in [0, 0.05) is 0 Å². The van der Waals surface area contributed by atoms with E-state index < -0.39 is 0 Å². The van der Waals surface area contributed by atoms with E-state index in [1.165, 1.54) is 11.1 Å². The molecule has 0 aromatic heterocycles. The average molecular weight is 346 g/mol. The van der Waals surface area contributed by atoms with E-state index in [1.54, 1.807) is 6.07 Å². The molecule has 18 heavy (non-hydrogen) atoms. The quantitative estimate of drug-likeness (QED) is 0.627. The Morgan fingerprint density at radius 3 is 2.33 bits per heavy atom. The second-order valence-electron chi connectivity index (χ2n) is 4.20. The largest absolute Gasteiger partial charge is 0.507 e. The Morgan fingerprint density at radius 1 is 0.778 bits per heavy atom. The van der Waals surface area contributed by atoms with E-state index in [2.05, 4.69) is 52.9 Å². The van der Waals surface area contributed by atoms with Crippen LogP contribution < -0.4 is 0 Å². The number of phenolic OH excluding ortho intramolecular Hbond substituents is 1. The van der Waals surface area contributed by atoms with Crippen LogP contribution in [0, 0.1) is 3.57 Å². The number of phenols is 1. The summed E-state index contributed by atoms with van der Waals surface area (Å²) in [5.41, 5.74) is 2.41. The van der Waals surface area contributed by atoms with Crippen molar-refractivity contribution in [2.75, 3.05) is 0 Å². The van der Waals surface area contributed by atoms with Gasteiger partial charge < -0.3 is 5.11 Å². The molecule has 0 bridgehead atoms. The maximum Gasteiger partial charge on any atom is 0.129 e. The molecule has 0 heterocycles. The molecule has 3 aromatic carbocycles. The number of halogens is 1. The fourth-order valence-corrected chi connectivity index (χ4v) is 2.76. The van der Waals surface area contributed by atoms with Crippen molar-refractivity contribution in [3.8, 4) is 16.9 Å². The summed E-state index contributed by atoms with van der Waals surface area (Å²) in [6.07, 6.45) is 0. The van der Waals surface area contributed by atoms with Crippen molar-refractivity contribution in [3.63, 3.8) is 0 Å². The highest BCUT2D eigenvalue weighted by molar-refractivity contribution is 14.1. The molecule has 0 unspecified atom stereocenters. The predicted molar refractivity (Wildman–Crippen MR) is 83.8 cm³/mol. The highest BCUT2D eigenvalue weighted by atomic mass is 127. The summed E-state index contributed by atoms with van der Waals surface area (Å²) in [7, 11) is 0. The second-order valence-corrected chi connectivity index (χ2v) is 5.28. The minimum absolute atomic E-state index is 0.343. The molecule has 0 aliphatic carbocycles. The lowest BCUT2D eigenvalue weighted by Crippen LogP contribution is -1.82. The SMILES string of the molecule is Oc1ccc2cc(-c3ccccc3)ccc2c1I. The first-order valence-corrected chi connectivity index (χ1v) is 6.80. The van der Waals surface area contributed by atoms with Crippen molar-refractivity contribution in [3.05, 3.63) is 64.2 Å². The summed E-state index contributed by atoms with van der Waals surface area (Å²) in [6.45, 7) is 0. The van der Waals surface area contributed by atoms with Gasteiger partial charge in [-0.15, -0.1) is 0 Å². The molecule has 3 rings (SSSR count). The molecule has 1 nitrogen and oxygen atoms in total. The lowest BCUT2D eigenvalue weighted by Gasteiger charge is -2.06. The van der Waals surface area contributed by atoms with Gasteiger partial charge in [-0.3, -0.25) is 0 Å². The molecule has 1 N–H and O–H groups in total. The van der Waals surface area contributed by atoms with Crippen molar-refractivity contribution in [1.82, 2.24) is 0 Å². The molecule has 2 heteroatoms. The fraction of sp³-hybridized carbons (Fsp3) is 0. The summed E-state index contributed by atoms with van der Waals surface area (Å²) in [6, 6.07) is 20.3. The number of rotatable bonds is 1. The summed E-state index contributed by atoms with van der Waals surface area (Å²) in [5, 5.41) is 11.9. The molecule has 0 aliphatic rings. The van der Waals surface area contributed by atoms with E-state index in [0.29, 0.717) is 5.75 Å². The molecular formula is C16H11IO. The van der Waals surface area contributed by atoms with Crippen LogP contribution in [0.2, 0.25) is 0 Å². The van der Waals surface area contributed by atoms with Crippen LogP contribution in [0.25, 0.3) is 21.9 Å². The van der Waals surface area contributed by atoms with Crippen LogP contribution in [0.3, 0.4) is 0 Å². The van der Waals surface area contributed by atoms with Crippen molar-refractivity contribution in [2.45, 2.75) is 0 Å². The van der Waals surface area contributed by atoms with E-state index in [9.17, 15) is 5.11 Å². The summed E-state index contributed by atoms with van der Waals surface area (Å²) in [4.78, 5) is 0. The highest BCUT2D eigenvalue weighted by Crippen LogP contribution is 2.31. The van der Waals surface area contributed by atoms with Crippen LogP contribution in [0.5, 0.6) is 5.75 Å². The predicted octanol–water partition coefficient (Wildman–Crippen LogP) is 4.82. The number of benzene rings is 3. The minimum atomic E-state index is 0.343. The van der Waals surface area contributed by atoms with Gasteiger partial charge in [0.05, 0.1) is 3.57 Å². The molecule has 0 fully saturated rings.